The lowest BCUT2D eigenvalue weighted by atomic mass is 10.1. The Morgan fingerprint density at radius 2 is 1.81 bits per heavy atom. The van der Waals surface area contributed by atoms with Gasteiger partial charge in [-0.3, -0.25) is 4.79 Å². The summed E-state index contributed by atoms with van der Waals surface area (Å²) in [4.78, 5) is 12.2. The fourth-order valence-electron chi connectivity index (χ4n) is 1.86. The molecule has 0 aliphatic heterocycles. The molecule has 5 nitrogen and oxygen atoms in total. The van der Waals surface area contributed by atoms with E-state index in [0.717, 1.165) is 5.56 Å². The molecule has 0 atom stereocenters. The van der Waals surface area contributed by atoms with Crippen LogP contribution in [0, 0.1) is 0 Å². The number of carbonyl (C=O) groups is 1. The Hall–Kier alpha value is -2.53. The van der Waals surface area contributed by atoms with Crippen LogP contribution in [0.25, 0.3) is 0 Å². The summed E-state index contributed by atoms with van der Waals surface area (Å²) < 4.78 is 10.3. The minimum Gasteiger partial charge on any atom is -0.497 e. The molecule has 0 spiro atoms. The molecule has 0 bridgehead atoms. The first kappa shape index (κ1) is 14.9. The first-order chi connectivity index (χ1) is 10.2. The molecule has 0 aromatic heterocycles. The van der Waals surface area contributed by atoms with E-state index < -0.39 is 0 Å². The summed E-state index contributed by atoms with van der Waals surface area (Å²) in [6.45, 7) is -0.0474. The monoisotopic (exact) mass is 287 g/mol. The highest BCUT2D eigenvalue weighted by molar-refractivity contribution is 6.05. The van der Waals surface area contributed by atoms with Crippen LogP contribution in [0.4, 0.5) is 5.69 Å². The van der Waals surface area contributed by atoms with Crippen molar-refractivity contribution in [3.05, 3.63) is 53.6 Å². The number of rotatable bonds is 5. The van der Waals surface area contributed by atoms with Crippen molar-refractivity contribution in [2.24, 2.45) is 0 Å². The number of nitrogens with one attached hydrogen (secondary N) is 1. The van der Waals surface area contributed by atoms with Gasteiger partial charge in [0.15, 0.2) is 0 Å². The van der Waals surface area contributed by atoms with Crippen molar-refractivity contribution < 1.29 is 19.4 Å². The second-order valence-corrected chi connectivity index (χ2v) is 4.38. The molecule has 0 radical (unpaired) electrons. The molecule has 2 rings (SSSR count). The fraction of sp³-hybridized carbons (Fsp3) is 0.188. The van der Waals surface area contributed by atoms with Crippen LogP contribution in [-0.2, 0) is 6.61 Å². The summed E-state index contributed by atoms with van der Waals surface area (Å²) in [5.74, 6) is 0.926. The van der Waals surface area contributed by atoms with Gasteiger partial charge in [-0.1, -0.05) is 12.1 Å². The van der Waals surface area contributed by atoms with Gasteiger partial charge in [0.2, 0.25) is 0 Å². The van der Waals surface area contributed by atoms with E-state index in [1.807, 2.05) is 0 Å². The lowest BCUT2D eigenvalue weighted by molar-refractivity contribution is 0.102. The molecule has 2 aromatic carbocycles. The fourth-order valence-corrected chi connectivity index (χ4v) is 1.86. The van der Waals surface area contributed by atoms with Crippen LogP contribution in [0.15, 0.2) is 42.5 Å². The van der Waals surface area contributed by atoms with Crippen LogP contribution in [0.2, 0.25) is 0 Å². The number of aliphatic hydroxyl groups is 1. The molecule has 0 fully saturated rings. The number of ether oxygens (including phenoxy) is 2. The quantitative estimate of drug-likeness (QED) is 0.886. The maximum Gasteiger partial charge on any atom is 0.255 e. The lowest BCUT2D eigenvalue weighted by Gasteiger charge is -2.11. The van der Waals surface area contributed by atoms with E-state index in [9.17, 15) is 4.79 Å². The van der Waals surface area contributed by atoms with Gasteiger partial charge < -0.3 is 19.9 Å². The van der Waals surface area contributed by atoms with Gasteiger partial charge in [-0.05, 0) is 29.8 Å². The average molecular weight is 287 g/mol. The largest absolute Gasteiger partial charge is 0.497 e. The van der Waals surface area contributed by atoms with E-state index in [0.29, 0.717) is 22.7 Å². The van der Waals surface area contributed by atoms with Crippen molar-refractivity contribution in [1.29, 1.82) is 0 Å². The summed E-state index contributed by atoms with van der Waals surface area (Å²) >= 11 is 0. The Kier molecular flexibility index (Phi) is 4.79. The number of methoxy groups -OCH3 is 2. The van der Waals surface area contributed by atoms with Gasteiger partial charge in [-0.2, -0.15) is 0 Å². The predicted molar refractivity (Wildman–Crippen MR) is 79.9 cm³/mol. The number of amides is 1. The molecule has 0 aliphatic carbocycles. The Balaban J connectivity index is 2.18. The van der Waals surface area contributed by atoms with Crippen LogP contribution in [-0.4, -0.2) is 25.2 Å². The van der Waals surface area contributed by atoms with E-state index in [-0.39, 0.29) is 12.5 Å². The highest BCUT2D eigenvalue weighted by Crippen LogP contribution is 2.29. The topological polar surface area (TPSA) is 67.8 Å². The van der Waals surface area contributed by atoms with Gasteiger partial charge in [0.1, 0.15) is 11.5 Å². The summed E-state index contributed by atoms with van der Waals surface area (Å²) in [5, 5.41) is 11.8. The van der Waals surface area contributed by atoms with Gasteiger partial charge >= 0.3 is 0 Å². The summed E-state index contributed by atoms with van der Waals surface area (Å²) in [6, 6.07) is 11.9. The standard InChI is InChI=1S/C16H17NO4/c1-20-13-7-8-14(15(9-13)21-2)17-16(19)12-5-3-11(10-18)4-6-12/h3-9,18H,10H2,1-2H3,(H,17,19). The van der Waals surface area contributed by atoms with Crippen molar-refractivity contribution in [2.75, 3.05) is 19.5 Å². The molecule has 0 heterocycles. The van der Waals surface area contributed by atoms with Crippen LogP contribution >= 0.6 is 0 Å². The molecule has 0 saturated carbocycles. The van der Waals surface area contributed by atoms with E-state index in [4.69, 9.17) is 14.6 Å². The summed E-state index contributed by atoms with van der Waals surface area (Å²) in [5.41, 5.74) is 1.83. The number of hydrogen-bond donors (Lipinski definition) is 2. The zero-order valence-corrected chi connectivity index (χ0v) is 11.9. The van der Waals surface area contributed by atoms with E-state index in [2.05, 4.69) is 5.32 Å². The molecule has 0 unspecified atom stereocenters. The third-order valence-electron chi connectivity index (χ3n) is 3.06. The number of benzene rings is 2. The van der Waals surface area contributed by atoms with E-state index in [1.54, 1.807) is 49.6 Å². The molecule has 5 heteroatoms. The van der Waals surface area contributed by atoms with Crippen molar-refractivity contribution in [1.82, 2.24) is 0 Å². The SMILES string of the molecule is COc1ccc(NC(=O)c2ccc(CO)cc2)c(OC)c1. The molecular weight excluding hydrogens is 270 g/mol. The van der Waals surface area contributed by atoms with Crippen LogP contribution in [0.1, 0.15) is 15.9 Å². The first-order valence-electron chi connectivity index (χ1n) is 6.41. The van der Waals surface area contributed by atoms with Crippen molar-refractivity contribution >= 4 is 11.6 Å². The van der Waals surface area contributed by atoms with Gasteiger partial charge in [-0.15, -0.1) is 0 Å². The van der Waals surface area contributed by atoms with Crippen LogP contribution in [0.5, 0.6) is 11.5 Å². The minimum absolute atomic E-state index is 0.0474. The van der Waals surface area contributed by atoms with Crippen molar-refractivity contribution in [3.8, 4) is 11.5 Å². The smallest absolute Gasteiger partial charge is 0.255 e. The number of aliphatic hydroxyl groups excluding tert-OH is 1. The average Bonchev–Trinajstić information content (AvgIpc) is 2.55. The van der Waals surface area contributed by atoms with Gasteiger partial charge in [0.25, 0.3) is 5.91 Å². The van der Waals surface area contributed by atoms with Gasteiger partial charge in [-0.25, -0.2) is 0 Å². The molecular formula is C16H17NO4. The molecule has 2 aromatic rings. The van der Waals surface area contributed by atoms with Crippen LogP contribution in [0.3, 0.4) is 0 Å². The third-order valence-corrected chi connectivity index (χ3v) is 3.06. The van der Waals surface area contributed by atoms with Crippen LogP contribution < -0.4 is 14.8 Å². The minimum atomic E-state index is -0.247. The Bertz CT molecular complexity index is 623. The maximum atomic E-state index is 12.2. The first-order valence-corrected chi connectivity index (χ1v) is 6.41. The Morgan fingerprint density at radius 1 is 1.10 bits per heavy atom. The predicted octanol–water partition coefficient (Wildman–Crippen LogP) is 2.45. The molecule has 110 valence electrons. The molecule has 0 aliphatic rings. The maximum absolute atomic E-state index is 12.2. The molecule has 1 amide bonds. The van der Waals surface area contributed by atoms with E-state index >= 15 is 0 Å². The Morgan fingerprint density at radius 3 is 2.38 bits per heavy atom. The van der Waals surface area contributed by atoms with Gasteiger partial charge in [0, 0.05) is 11.6 Å². The number of hydrogen-bond acceptors (Lipinski definition) is 4. The van der Waals surface area contributed by atoms with Crippen molar-refractivity contribution in [2.45, 2.75) is 6.61 Å². The summed E-state index contributed by atoms with van der Waals surface area (Å²) in [7, 11) is 3.09. The summed E-state index contributed by atoms with van der Waals surface area (Å²) in [6.07, 6.45) is 0. The third kappa shape index (κ3) is 3.52. The molecule has 2 N–H and O–H groups in total. The number of anilines is 1. The highest BCUT2D eigenvalue weighted by Gasteiger charge is 2.10. The second-order valence-electron chi connectivity index (χ2n) is 4.38. The van der Waals surface area contributed by atoms with E-state index in [1.165, 1.54) is 7.11 Å². The zero-order valence-electron chi connectivity index (χ0n) is 11.9. The molecule has 21 heavy (non-hydrogen) atoms. The highest BCUT2D eigenvalue weighted by atomic mass is 16.5. The normalized spacial score (nSPS) is 10.0. The number of carbonyl (C=O) groups excluding carboxylic acids is 1. The van der Waals surface area contributed by atoms with Crippen molar-refractivity contribution in [3.63, 3.8) is 0 Å². The second kappa shape index (κ2) is 6.76. The zero-order chi connectivity index (χ0) is 15.2. The van der Waals surface area contributed by atoms with Gasteiger partial charge in [0.05, 0.1) is 26.5 Å². The molecule has 0 saturated heterocycles. The lowest BCUT2D eigenvalue weighted by Crippen LogP contribution is -2.12. The Labute approximate surface area is 123 Å².